The van der Waals surface area contributed by atoms with Crippen molar-refractivity contribution in [1.29, 1.82) is 0 Å². The van der Waals surface area contributed by atoms with Gasteiger partial charge in [0.25, 0.3) is 0 Å². The van der Waals surface area contributed by atoms with E-state index >= 15 is 0 Å². The van der Waals surface area contributed by atoms with E-state index < -0.39 is 12.1 Å². The molecule has 1 aromatic heterocycles. The zero-order valence-electron chi connectivity index (χ0n) is 14.9. The molecule has 0 unspecified atom stereocenters. The zero-order valence-corrected chi connectivity index (χ0v) is 14.9. The van der Waals surface area contributed by atoms with E-state index in [1.165, 1.54) is 5.56 Å². The first kappa shape index (κ1) is 21.2. The number of methoxy groups -OCH3 is 1. The molecule has 2 saturated heterocycles. The molecule has 2 aliphatic rings. The van der Waals surface area contributed by atoms with Crippen LogP contribution in [0.25, 0.3) is 0 Å². The minimum atomic E-state index is -5.08. The van der Waals surface area contributed by atoms with Gasteiger partial charge in [0.15, 0.2) is 0 Å². The Balaban J connectivity index is 0.000000321. The number of halogens is 3. The number of carbonyl (C=O) groups excluding carboxylic acids is 1. The highest BCUT2D eigenvalue weighted by atomic mass is 19.4. The van der Waals surface area contributed by atoms with Crippen LogP contribution in [0.1, 0.15) is 12.0 Å². The minimum Gasteiger partial charge on any atom is -0.475 e. The maximum absolute atomic E-state index is 12.5. The van der Waals surface area contributed by atoms with Crippen LogP contribution in [0.5, 0.6) is 0 Å². The van der Waals surface area contributed by atoms with E-state index in [-0.39, 0.29) is 5.92 Å². The van der Waals surface area contributed by atoms with Gasteiger partial charge in [0.2, 0.25) is 5.91 Å². The number of rotatable bonds is 5. The van der Waals surface area contributed by atoms with E-state index in [0.717, 1.165) is 39.1 Å². The highest BCUT2D eigenvalue weighted by Crippen LogP contribution is 2.32. The molecule has 10 heteroatoms. The van der Waals surface area contributed by atoms with Crippen molar-refractivity contribution >= 4 is 11.9 Å². The summed E-state index contributed by atoms with van der Waals surface area (Å²) >= 11 is 0. The summed E-state index contributed by atoms with van der Waals surface area (Å²) < 4.78 is 41.9. The smallest absolute Gasteiger partial charge is 0.475 e. The Morgan fingerprint density at radius 1 is 1.41 bits per heavy atom. The van der Waals surface area contributed by atoms with E-state index in [2.05, 4.69) is 4.90 Å². The number of hydrogen-bond donors (Lipinski definition) is 1. The van der Waals surface area contributed by atoms with Crippen molar-refractivity contribution in [3.05, 3.63) is 24.2 Å². The second kappa shape index (κ2) is 9.23. The van der Waals surface area contributed by atoms with Crippen LogP contribution in [0, 0.1) is 11.8 Å². The fourth-order valence-corrected chi connectivity index (χ4v) is 3.39. The number of fused-ring (bicyclic) bond motifs is 1. The molecule has 2 fully saturated rings. The Kier molecular flexibility index (Phi) is 7.25. The van der Waals surface area contributed by atoms with Crippen molar-refractivity contribution in [2.75, 3.05) is 39.9 Å². The lowest BCUT2D eigenvalue weighted by atomic mass is 9.88. The van der Waals surface area contributed by atoms with Crippen LogP contribution < -0.4 is 0 Å². The number of carboxylic acids is 1. The van der Waals surface area contributed by atoms with Gasteiger partial charge in [-0.3, -0.25) is 9.69 Å². The highest BCUT2D eigenvalue weighted by molar-refractivity contribution is 5.80. The van der Waals surface area contributed by atoms with Gasteiger partial charge in [-0.15, -0.1) is 0 Å². The average molecular weight is 392 g/mol. The van der Waals surface area contributed by atoms with Crippen LogP contribution in [0.3, 0.4) is 0 Å². The minimum absolute atomic E-state index is 0.174. The van der Waals surface area contributed by atoms with Gasteiger partial charge in [0, 0.05) is 45.4 Å². The largest absolute Gasteiger partial charge is 0.490 e. The Morgan fingerprint density at radius 3 is 2.67 bits per heavy atom. The monoisotopic (exact) mass is 392 g/mol. The Hall–Kier alpha value is -2.07. The third-order valence-corrected chi connectivity index (χ3v) is 4.71. The predicted octanol–water partition coefficient (Wildman–Crippen LogP) is 1.84. The number of hydrogen-bond acceptors (Lipinski definition) is 5. The number of piperidine rings is 1. The molecule has 152 valence electrons. The number of aliphatic carboxylic acids is 1. The van der Waals surface area contributed by atoms with Crippen LogP contribution in [-0.2, 0) is 20.9 Å². The maximum atomic E-state index is 12.5. The second-order valence-electron chi connectivity index (χ2n) is 6.60. The first-order valence-electron chi connectivity index (χ1n) is 8.53. The molecule has 0 aromatic carbocycles. The number of amides is 1. The lowest BCUT2D eigenvalue weighted by Gasteiger charge is -2.33. The lowest BCUT2D eigenvalue weighted by molar-refractivity contribution is -0.192. The lowest BCUT2D eigenvalue weighted by Crippen LogP contribution is -2.46. The molecule has 3 heterocycles. The van der Waals surface area contributed by atoms with Crippen molar-refractivity contribution in [1.82, 2.24) is 9.80 Å². The number of likely N-dealkylation sites (tertiary alicyclic amines) is 2. The Morgan fingerprint density at radius 2 is 2.11 bits per heavy atom. The Bertz CT molecular complexity index is 621. The van der Waals surface area contributed by atoms with Gasteiger partial charge in [0.1, 0.15) is 0 Å². The maximum Gasteiger partial charge on any atom is 0.490 e. The molecule has 1 aromatic rings. The van der Waals surface area contributed by atoms with Gasteiger partial charge in [-0.25, -0.2) is 4.79 Å². The summed E-state index contributed by atoms with van der Waals surface area (Å²) in [5, 5.41) is 7.12. The zero-order chi connectivity index (χ0) is 20.0. The van der Waals surface area contributed by atoms with Gasteiger partial charge in [0.05, 0.1) is 25.1 Å². The standard InChI is InChI=1S/C15H22N2O3.C2HF3O2/c1-19-7-5-17-4-2-13-9-16(10-14(13)15(17)18)8-12-3-6-20-11-12;3-2(4,5)1(6)7/h3,6,11,13-14H,2,4-5,7-10H2,1H3;(H,6,7)/t13-,14-;/m1./s1. The van der Waals surface area contributed by atoms with Crippen LogP contribution in [-0.4, -0.2) is 72.9 Å². The molecule has 0 bridgehead atoms. The quantitative estimate of drug-likeness (QED) is 0.823. The first-order valence-corrected chi connectivity index (χ1v) is 8.53. The van der Waals surface area contributed by atoms with Gasteiger partial charge in [-0.2, -0.15) is 13.2 Å². The van der Waals surface area contributed by atoms with E-state index in [4.69, 9.17) is 19.1 Å². The first-order chi connectivity index (χ1) is 12.7. The molecule has 1 N–H and O–H groups in total. The van der Waals surface area contributed by atoms with Crippen molar-refractivity contribution in [2.45, 2.75) is 19.1 Å². The predicted molar refractivity (Wildman–Crippen MR) is 87.7 cm³/mol. The van der Waals surface area contributed by atoms with Crippen LogP contribution in [0.2, 0.25) is 0 Å². The summed E-state index contributed by atoms with van der Waals surface area (Å²) in [5.74, 6) is -1.75. The molecule has 0 aliphatic carbocycles. The SMILES string of the molecule is COCCN1CC[C@@H]2CN(Cc3ccoc3)C[C@H]2C1=O.O=C(O)C(F)(F)F. The summed E-state index contributed by atoms with van der Waals surface area (Å²) in [6, 6.07) is 1.99. The number of ether oxygens (including phenoxy) is 1. The van der Waals surface area contributed by atoms with E-state index in [9.17, 15) is 18.0 Å². The summed E-state index contributed by atoms with van der Waals surface area (Å²) in [6.45, 7) is 5.01. The summed E-state index contributed by atoms with van der Waals surface area (Å²) in [7, 11) is 1.68. The topological polar surface area (TPSA) is 83.2 Å². The van der Waals surface area contributed by atoms with Crippen molar-refractivity contribution in [3.8, 4) is 0 Å². The molecule has 1 amide bonds. The van der Waals surface area contributed by atoms with Crippen LogP contribution in [0.4, 0.5) is 13.2 Å². The molecular weight excluding hydrogens is 369 g/mol. The van der Waals surface area contributed by atoms with Crippen molar-refractivity contribution in [2.24, 2.45) is 11.8 Å². The molecule has 0 radical (unpaired) electrons. The molecular formula is C17H23F3N2O5. The van der Waals surface area contributed by atoms with Crippen LogP contribution >= 0.6 is 0 Å². The summed E-state index contributed by atoms with van der Waals surface area (Å²) in [6.07, 6.45) is -0.479. The molecule has 27 heavy (non-hydrogen) atoms. The van der Waals surface area contributed by atoms with Crippen LogP contribution in [0.15, 0.2) is 23.0 Å². The second-order valence-corrected chi connectivity index (χ2v) is 6.60. The third kappa shape index (κ3) is 5.96. The number of nitrogens with zero attached hydrogens (tertiary/aromatic N) is 2. The molecule has 2 aliphatic heterocycles. The highest BCUT2D eigenvalue weighted by Gasteiger charge is 2.42. The van der Waals surface area contributed by atoms with Crippen molar-refractivity contribution < 1.29 is 37.0 Å². The fourth-order valence-electron chi connectivity index (χ4n) is 3.39. The number of furan rings is 1. The summed E-state index contributed by atoms with van der Waals surface area (Å²) in [4.78, 5) is 25.7. The molecule has 3 rings (SSSR count). The molecule has 0 spiro atoms. The van der Waals surface area contributed by atoms with Gasteiger partial charge < -0.3 is 19.2 Å². The third-order valence-electron chi connectivity index (χ3n) is 4.71. The Labute approximate surface area is 154 Å². The normalized spacial score (nSPS) is 23.0. The number of alkyl halides is 3. The fraction of sp³-hybridized carbons (Fsp3) is 0.647. The summed E-state index contributed by atoms with van der Waals surface area (Å²) in [5.41, 5.74) is 1.19. The molecule has 0 saturated carbocycles. The van der Waals surface area contributed by atoms with E-state index in [1.807, 2.05) is 11.0 Å². The van der Waals surface area contributed by atoms with Crippen molar-refractivity contribution in [3.63, 3.8) is 0 Å². The van der Waals surface area contributed by atoms with Gasteiger partial charge >= 0.3 is 12.1 Å². The number of carboxylic acid groups (broad SMARTS) is 1. The average Bonchev–Trinajstić information content (AvgIpc) is 3.24. The molecule has 7 nitrogen and oxygen atoms in total. The van der Waals surface area contributed by atoms with Gasteiger partial charge in [-0.1, -0.05) is 0 Å². The number of carbonyl (C=O) groups is 2. The van der Waals surface area contributed by atoms with E-state index in [1.54, 1.807) is 19.6 Å². The van der Waals surface area contributed by atoms with Gasteiger partial charge in [-0.05, 0) is 18.4 Å². The molecule has 2 atom stereocenters. The van der Waals surface area contributed by atoms with E-state index in [0.29, 0.717) is 18.4 Å².